The van der Waals surface area contributed by atoms with Crippen molar-refractivity contribution in [2.24, 2.45) is 0 Å². The average molecular weight is 415 g/mol. The molecule has 3 rings (SSSR count). The van der Waals surface area contributed by atoms with Gasteiger partial charge in [-0.2, -0.15) is 0 Å². The molecule has 0 bridgehead atoms. The smallest absolute Gasteiger partial charge is 0.307 e. The highest BCUT2D eigenvalue weighted by Crippen LogP contribution is 2.20. The molecular weight excluding hydrogens is 397 g/mol. The molecule has 0 radical (unpaired) electrons. The van der Waals surface area contributed by atoms with E-state index in [1.165, 1.54) is 30.3 Å². The SMILES string of the molecule is O=C(COC(=O)CCS(=O)(=O)c1ccc2ccccc2c1)Nc1ccc(F)cc1. The van der Waals surface area contributed by atoms with E-state index in [0.29, 0.717) is 5.69 Å². The molecule has 0 spiro atoms. The minimum atomic E-state index is -3.67. The zero-order valence-electron chi connectivity index (χ0n) is 15.3. The third-order valence-electron chi connectivity index (χ3n) is 4.15. The van der Waals surface area contributed by atoms with Crippen LogP contribution in [0.15, 0.2) is 71.6 Å². The van der Waals surface area contributed by atoms with Crippen LogP contribution in [0.25, 0.3) is 10.8 Å². The number of rotatable bonds is 7. The van der Waals surface area contributed by atoms with Crippen molar-refractivity contribution in [2.45, 2.75) is 11.3 Å². The van der Waals surface area contributed by atoms with Crippen molar-refractivity contribution in [1.82, 2.24) is 0 Å². The molecular formula is C21H18FNO5S. The van der Waals surface area contributed by atoms with Crippen LogP contribution in [0.4, 0.5) is 10.1 Å². The Morgan fingerprint density at radius 3 is 2.34 bits per heavy atom. The predicted octanol–water partition coefficient (Wildman–Crippen LogP) is 3.32. The number of hydrogen-bond acceptors (Lipinski definition) is 5. The molecule has 0 unspecified atom stereocenters. The lowest BCUT2D eigenvalue weighted by Gasteiger charge is -2.08. The van der Waals surface area contributed by atoms with Gasteiger partial charge in [0.1, 0.15) is 5.82 Å². The molecule has 0 aliphatic heterocycles. The van der Waals surface area contributed by atoms with Crippen molar-refractivity contribution in [3.05, 3.63) is 72.5 Å². The van der Waals surface area contributed by atoms with Crippen LogP contribution in [0.2, 0.25) is 0 Å². The van der Waals surface area contributed by atoms with E-state index < -0.39 is 39.9 Å². The summed E-state index contributed by atoms with van der Waals surface area (Å²) in [7, 11) is -3.67. The molecule has 6 nitrogen and oxygen atoms in total. The van der Waals surface area contributed by atoms with Gasteiger partial charge in [0.05, 0.1) is 17.1 Å². The van der Waals surface area contributed by atoms with Crippen LogP contribution in [0.5, 0.6) is 0 Å². The normalized spacial score (nSPS) is 11.2. The number of nitrogens with one attached hydrogen (secondary N) is 1. The molecule has 0 heterocycles. The number of hydrogen-bond donors (Lipinski definition) is 1. The summed E-state index contributed by atoms with van der Waals surface area (Å²) in [6.07, 6.45) is -0.376. The van der Waals surface area contributed by atoms with Gasteiger partial charge >= 0.3 is 5.97 Å². The highest BCUT2D eigenvalue weighted by atomic mass is 32.2. The molecule has 0 aliphatic carbocycles. The molecule has 0 saturated carbocycles. The van der Waals surface area contributed by atoms with E-state index in [9.17, 15) is 22.4 Å². The summed E-state index contributed by atoms with van der Waals surface area (Å²) in [4.78, 5) is 23.7. The van der Waals surface area contributed by atoms with E-state index in [1.807, 2.05) is 24.3 Å². The van der Waals surface area contributed by atoms with E-state index in [2.05, 4.69) is 5.32 Å². The Hall–Kier alpha value is -3.26. The van der Waals surface area contributed by atoms with Gasteiger partial charge < -0.3 is 10.1 Å². The molecule has 0 fully saturated rings. The van der Waals surface area contributed by atoms with E-state index in [4.69, 9.17) is 4.74 Å². The van der Waals surface area contributed by atoms with Crippen molar-refractivity contribution < 1.29 is 27.1 Å². The van der Waals surface area contributed by atoms with Gasteiger partial charge in [-0.25, -0.2) is 12.8 Å². The summed E-state index contributed by atoms with van der Waals surface area (Å²) < 4.78 is 42.6. The predicted molar refractivity (Wildman–Crippen MR) is 107 cm³/mol. The Morgan fingerprint density at radius 2 is 1.62 bits per heavy atom. The average Bonchev–Trinajstić information content (AvgIpc) is 2.72. The number of halogens is 1. The first-order valence-electron chi connectivity index (χ1n) is 8.76. The molecule has 29 heavy (non-hydrogen) atoms. The fraction of sp³-hybridized carbons (Fsp3) is 0.143. The van der Waals surface area contributed by atoms with Gasteiger partial charge in [0, 0.05) is 5.69 Å². The van der Waals surface area contributed by atoms with Gasteiger partial charge in [-0.3, -0.25) is 9.59 Å². The first-order valence-corrected chi connectivity index (χ1v) is 10.4. The van der Waals surface area contributed by atoms with Crippen LogP contribution in [-0.2, 0) is 24.2 Å². The first kappa shape index (κ1) is 20.5. The van der Waals surface area contributed by atoms with Crippen LogP contribution in [0, 0.1) is 5.82 Å². The zero-order chi connectivity index (χ0) is 20.9. The van der Waals surface area contributed by atoms with Crippen LogP contribution in [0.3, 0.4) is 0 Å². The zero-order valence-corrected chi connectivity index (χ0v) is 16.1. The Bertz CT molecular complexity index is 1140. The number of esters is 1. The number of ether oxygens (including phenoxy) is 1. The van der Waals surface area contributed by atoms with Crippen molar-refractivity contribution in [3.8, 4) is 0 Å². The fourth-order valence-corrected chi connectivity index (χ4v) is 3.90. The third kappa shape index (κ3) is 5.61. The van der Waals surface area contributed by atoms with Gasteiger partial charge in [0.2, 0.25) is 0 Å². The van der Waals surface area contributed by atoms with E-state index in [0.717, 1.165) is 10.8 Å². The minimum Gasteiger partial charge on any atom is -0.456 e. The Kier molecular flexibility index (Phi) is 6.23. The van der Waals surface area contributed by atoms with E-state index in [-0.39, 0.29) is 11.3 Å². The maximum atomic E-state index is 12.8. The minimum absolute atomic E-state index is 0.123. The number of carbonyl (C=O) groups is 2. The molecule has 0 aromatic heterocycles. The summed E-state index contributed by atoms with van der Waals surface area (Å²) in [5.74, 6) is -2.28. The molecule has 8 heteroatoms. The molecule has 0 saturated heterocycles. The fourth-order valence-electron chi connectivity index (χ4n) is 2.64. The summed E-state index contributed by atoms with van der Waals surface area (Å²) >= 11 is 0. The second-order valence-corrected chi connectivity index (χ2v) is 8.40. The Balaban J connectivity index is 1.51. The van der Waals surface area contributed by atoms with Gasteiger partial charge in [0.15, 0.2) is 16.4 Å². The second-order valence-electron chi connectivity index (χ2n) is 6.29. The van der Waals surface area contributed by atoms with Gasteiger partial charge in [-0.1, -0.05) is 30.3 Å². The topological polar surface area (TPSA) is 89.5 Å². The maximum absolute atomic E-state index is 12.8. The van der Waals surface area contributed by atoms with Crippen LogP contribution in [-0.4, -0.2) is 32.7 Å². The summed E-state index contributed by atoms with van der Waals surface area (Å²) in [5.41, 5.74) is 0.353. The number of fused-ring (bicyclic) bond motifs is 1. The number of carbonyl (C=O) groups excluding carboxylic acids is 2. The second kappa shape index (κ2) is 8.83. The van der Waals surface area contributed by atoms with Crippen molar-refractivity contribution in [3.63, 3.8) is 0 Å². The Labute approximate surface area is 167 Å². The van der Waals surface area contributed by atoms with Crippen molar-refractivity contribution >= 4 is 38.2 Å². The summed E-state index contributed by atoms with van der Waals surface area (Å²) in [5, 5.41) is 4.14. The molecule has 0 aliphatic rings. The third-order valence-corrected chi connectivity index (χ3v) is 5.86. The van der Waals surface area contributed by atoms with Crippen molar-refractivity contribution in [2.75, 3.05) is 17.7 Å². The van der Waals surface area contributed by atoms with Gasteiger partial charge in [-0.05, 0) is 47.2 Å². The molecule has 3 aromatic rings. The summed E-state index contributed by atoms with van der Waals surface area (Å²) in [6, 6.07) is 17.2. The Morgan fingerprint density at radius 1 is 0.931 bits per heavy atom. The molecule has 1 N–H and O–H groups in total. The lowest BCUT2D eigenvalue weighted by molar-refractivity contribution is -0.146. The molecule has 3 aromatic carbocycles. The lowest BCUT2D eigenvalue weighted by atomic mass is 10.1. The number of sulfone groups is 1. The standard InChI is InChI=1S/C21H18FNO5S/c22-17-6-8-18(9-7-17)23-20(24)14-28-21(25)11-12-29(26,27)19-10-5-15-3-1-2-4-16(15)13-19/h1-10,13H,11-12,14H2,(H,23,24). The lowest BCUT2D eigenvalue weighted by Crippen LogP contribution is -2.22. The van der Waals surface area contributed by atoms with Gasteiger partial charge in [-0.15, -0.1) is 0 Å². The quantitative estimate of drug-likeness (QED) is 0.598. The number of amides is 1. The molecule has 0 atom stereocenters. The summed E-state index contributed by atoms with van der Waals surface area (Å²) in [6.45, 7) is -0.563. The number of anilines is 1. The highest BCUT2D eigenvalue weighted by Gasteiger charge is 2.18. The molecule has 1 amide bonds. The first-order chi connectivity index (χ1) is 13.8. The molecule has 150 valence electrons. The van der Waals surface area contributed by atoms with Crippen molar-refractivity contribution in [1.29, 1.82) is 0 Å². The van der Waals surface area contributed by atoms with Crippen LogP contribution >= 0.6 is 0 Å². The van der Waals surface area contributed by atoms with Crippen LogP contribution in [0.1, 0.15) is 6.42 Å². The number of benzene rings is 3. The highest BCUT2D eigenvalue weighted by molar-refractivity contribution is 7.91. The maximum Gasteiger partial charge on any atom is 0.307 e. The van der Waals surface area contributed by atoms with Crippen LogP contribution < -0.4 is 5.32 Å². The largest absolute Gasteiger partial charge is 0.456 e. The van der Waals surface area contributed by atoms with Gasteiger partial charge in [0.25, 0.3) is 5.91 Å². The monoisotopic (exact) mass is 415 g/mol. The van der Waals surface area contributed by atoms with E-state index >= 15 is 0 Å². The van der Waals surface area contributed by atoms with E-state index in [1.54, 1.807) is 12.1 Å².